The van der Waals surface area contributed by atoms with Gasteiger partial charge in [-0.1, -0.05) is 6.92 Å². The number of carbonyl (C=O) groups is 1. The Morgan fingerprint density at radius 1 is 1.15 bits per heavy atom. The predicted molar refractivity (Wildman–Crippen MR) is 70.3 cm³/mol. The fourth-order valence-electron chi connectivity index (χ4n) is 1.64. The molecule has 0 amide bonds. The van der Waals surface area contributed by atoms with Gasteiger partial charge in [-0.05, 0) is 42.8 Å². The minimum absolute atomic E-state index is 0.201. The van der Waals surface area contributed by atoms with Crippen LogP contribution in [0.4, 0.5) is 13.2 Å². The second-order valence-electron chi connectivity index (χ2n) is 4.02. The summed E-state index contributed by atoms with van der Waals surface area (Å²) in [5.41, 5.74) is 0.337. The third kappa shape index (κ3) is 3.60. The van der Waals surface area contributed by atoms with Crippen LogP contribution < -0.4 is 4.74 Å². The Bertz CT molecular complexity index is 600. The van der Waals surface area contributed by atoms with Gasteiger partial charge in [-0.3, -0.25) is 4.79 Å². The number of hydrogen-bond donors (Lipinski definition) is 0. The van der Waals surface area contributed by atoms with Crippen molar-refractivity contribution >= 4 is 17.1 Å². The van der Waals surface area contributed by atoms with Gasteiger partial charge in [-0.25, -0.2) is 0 Å². The van der Waals surface area contributed by atoms with Crippen LogP contribution in [0.2, 0.25) is 0 Å². The van der Waals surface area contributed by atoms with E-state index in [4.69, 9.17) is 0 Å². The minimum atomic E-state index is -4.73. The van der Waals surface area contributed by atoms with Crippen molar-refractivity contribution in [2.75, 3.05) is 0 Å². The van der Waals surface area contributed by atoms with Gasteiger partial charge in [-0.2, -0.15) is 0 Å². The Morgan fingerprint density at radius 2 is 1.80 bits per heavy atom. The highest BCUT2D eigenvalue weighted by Crippen LogP contribution is 2.25. The molecule has 0 aliphatic rings. The van der Waals surface area contributed by atoms with Crippen LogP contribution in [-0.2, 0) is 6.42 Å². The summed E-state index contributed by atoms with van der Waals surface area (Å²) in [5, 5.41) is 0. The monoisotopic (exact) mass is 300 g/mol. The third-order valence-electron chi connectivity index (χ3n) is 2.58. The van der Waals surface area contributed by atoms with Crippen molar-refractivity contribution in [1.29, 1.82) is 0 Å². The summed E-state index contributed by atoms with van der Waals surface area (Å²) in [4.78, 5) is 13.8. The number of hydrogen-bond acceptors (Lipinski definition) is 3. The molecular weight excluding hydrogens is 289 g/mol. The fourth-order valence-corrected chi connectivity index (χ4v) is 2.55. The molecule has 106 valence electrons. The molecule has 0 fully saturated rings. The lowest BCUT2D eigenvalue weighted by molar-refractivity contribution is -0.274. The molecule has 0 saturated carbocycles. The summed E-state index contributed by atoms with van der Waals surface area (Å²) in [6.07, 6.45) is -3.88. The van der Waals surface area contributed by atoms with E-state index in [2.05, 4.69) is 4.74 Å². The van der Waals surface area contributed by atoms with Gasteiger partial charge in [0.1, 0.15) is 5.75 Å². The minimum Gasteiger partial charge on any atom is -0.406 e. The number of ketones is 1. The number of halogens is 3. The molecule has 0 spiro atoms. The van der Waals surface area contributed by atoms with E-state index in [0.717, 1.165) is 23.4 Å². The first-order chi connectivity index (χ1) is 9.39. The standard InChI is InChI=1S/C14H11F3O2S/c1-2-11-7-8-12(20-11)13(18)9-3-5-10(6-4-9)19-14(15,16)17/h3-8H,2H2,1H3. The van der Waals surface area contributed by atoms with Crippen LogP contribution in [-0.4, -0.2) is 12.1 Å². The van der Waals surface area contributed by atoms with Crippen LogP contribution in [0.25, 0.3) is 0 Å². The Hall–Kier alpha value is -1.82. The molecule has 20 heavy (non-hydrogen) atoms. The lowest BCUT2D eigenvalue weighted by atomic mass is 10.1. The third-order valence-corrected chi connectivity index (χ3v) is 3.81. The van der Waals surface area contributed by atoms with E-state index >= 15 is 0 Å². The lowest BCUT2D eigenvalue weighted by Gasteiger charge is -2.08. The summed E-state index contributed by atoms with van der Waals surface area (Å²) >= 11 is 1.39. The van der Waals surface area contributed by atoms with Gasteiger partial charge in [0.2, 0.25) is 5.78 Å². The molecule has 0 unspecified atom stereocenters. The molecule has 1 heterocycles. The van der Waals surface area contributed by atoms with Crippen molar-refractivity contribution < 1.29 is 22.7 Å². The number of aryl methyl sites for hydroxylation is 1. The molecule has 0 N–H and O–H groups in total. The van der Waals surface area contributed by atoms with Gasteiger partial charge in [0, 0.05) is 10.4 Å². The lowest BCUT2D eigenvalue weighted by Crippen LogP contribution is -2.17. The average molecular weight is 300 g/mol. The zero-order valence-electron chi connectivity index (χ0n) is 10.5. The van der Waals surface area contributed by atoms with Crippen molar-refractivity contribution in [3.63, 3.8) is 0 Å². The Labute approximate surface area is 117 Å². The number of carbonyl (C=O) groups excluding carboxylic acids is 1. The normalized spacial score (nSPS) is 11.4. The van der Waals surface area contributed by atoms with Crippen molar-refractivity contribution in [2.45, 2.75) is 19.7 Å². The van der Waals surface area contributed by atoms with Crippen LogP contribution in [0, 0.1) is 0 Å². The van der Waals surface area contributed by atoms with Gasteiger partial charge >= 0.3 is 6.36 Å². The van der Waals surface area contributed by atoms with E-state index < -0.39 is 6.36 Å². The molecule has 2 nitrogen and oxygen atoms in total. The SMILES string of the molecule is CCc1ccc(C(=O)c2ccc(OC(F)(F)F)cc2)s1. The highest BCUT2D eigenvalue weighted by molar-refractivity contribution is 7.14. The second-order valence-corrected chi connectivity index (χ2v) is 5.19. The van der Waals surface area contributed by atoms with E-state index in [9.17, 15) is 18.0 Å². The largest absolute Gasteiger partial charge is 0.573 e. The molecule has 6 heteroatoms. The maximum Gasteiger partial charge on any atom is 0.573 e. The van der Waals surface area contributed by atoms with E-state index in [1.165, 1.54) is 23.5 Å². The number of benzene rings is 1. The highest BCUT2D eigenvalue weighted by atomic mass is 32.1. The van der Waals surface area contributed by atoms with Gasteiger partial charge in [0.25, 0.3) is 0 Å². The molecule has 1 aromatic heterocycles. The maximum absolute atomic E-state index is 12.1. The average Bonchev–Trinajstić information content (AvgIpc) is 2.85. The van der Waals surface area contributed by atoms with E-state index in [0.29, 0.717) is 10.4 Å². The molecular formula is C14H11F3O2S. The maximum atomic E-state index is 12.1. The fraction of sp³-hybridized carbons (Fsp3) is 0.214. The van der Waals surface area contributed by atoms with Crippen LogP contribution in [0.1, 0.15) is 27.0 Å². The highest BCUT2D eigenvalue weighted by Gasteiger charge is 2.31. The number of ether oxygens (including phenoxy) is 1. The van der Waals surface area contributed by atoms with Crippen molar-refractivity contribution in [2.24, 2.45) is 0 Å². The first-order valence-electron chi connectivity index (χ1n) is 5.88. The van der Waals surface area contributed by atoms with E-state index in [-0.39, 0.29) is 11.5 Å². The molecule has 0 saturated heterocycles. The van der Waals surface area contributed by atoms with Crippen LogP contribution >= 0.6 is 11.3 Å². The van der Waals surface area contributed by atoms with Crippen molar-refractivity contribution in [3.8, 4) is 5.75 Å². The summed E-state index contributed by atoms with van der Waals surface area (Å²) in [6.45, 7) is 1.99. The van der Waals surface area contributed by atoms with E-state index in [1.54, 1.807) is 6.07 Å². The van der Waals surface area contributed by atoms with Crippen LogP contribution in [0.3, 0.4) is 0 Å². The number of rotatable bonds is 4. The topological polar surface area (TPSA) is 26.3 Å². The predicted octanol–water partition coefficient (Wildman–Crippen LogP) is 4.44. The van der Waals surface area contributed by atoms with Crippen LogP contribution in [0.15, 0.2) is 36.4 Å². The quantitative estimate of drug-likeness (QED) is 0.780. The number of alkyl halides is 3. The van der Waals surface area contributed by atoms with Gasteiger partial charge in [0.05, 0.1) is 4.88 Å². The van der Waals surface area contributed by atoms with Crippen LogP contribution in [0.5, 0.6) is 5.75 Å². The molecule has 2 aromatic rings. The Morgan fingerprint density at radius 3 is 2.30 bits per heavy atom. The molecule has 0 atom stereocenters. The zero-order valence-corrected chi connectivity index (χ0v) is 11.3. The first-order valence-corrected chi connectivity index (χ1v) is 6.70. The summed E-state index contributed by atoms with van der Waals surface area (Å²) in [5.74, 6) is -0.539. The molecule has 1 aromatic carbocycles. The summed E-state index contributed by atoms with van der Waals surface area (Å²) in [7, 11) is 0. The second kappa shape index (κ2) is 5.66. The van der Waals surface area contributed by atoms with Gasteiger partial charge in [-0.15, -0.1) is 24.5 Å². The molecule has 0 radical (unpaired) electrons. The van der Waals surface area contributed by atoms with Gasteiger partial charge in [0.15, 0.2) is 0 Å². The summed E-state index contributed by atoms with van der Waals surface area (Å²) in [6, 6.07) is 8.53. The van der Waals surface area contributed by atoms with Crippen molar-refractivity contribution in [1.82, 2.24) is 0 Å². The molecule has 0 aliphatic carbocycles. The Kier molecular flexibility index (Phi) is 4.13. The summed E-state index contributed by atoms with van der Waals surface area (Å²) < 4.78 is 39.8. The molecule has 0 bridgehead atoms. The van der Waals surface area contributed by atoms with Crippen molar-refractivity contribution in [3.05, 3.63) is 51.7 Å². The number of thiophene rings is 1. The first kappa shape index (κ1) is 14.6. The van der Waals surface area contributed by atoms with Gasteiger partial charge < -0.3 is 4.74 Å². The smallest absolute Gasteiger partial charge is 0.406 e. The van der Waals surface area contributed by atoms with E-state index in [1.807, 2.05) is 13.0 Å². The Balaban J connectivity index is 2.15. The molecule has 0 aliphatic heterocycles. The zero-order chi connectivity index (χ0) is 14.8. The molecule has 2 rings (SSSR count).